The second-order valence-electron chi connectivity index (χ2n) is 5.42. The number of rotatable bonds is 5. The molecular formula is C17H18N4OS3. The summed E-state index contributed by atoms with van der Waals surface area (Å²) in [6.07, 6.45) is 2.02. The molecule has 0 aliphatic rings. The maximum Gasteiger partial charge on any atom is 0.234 e. The SMILES string of the molecule is CSc1ccc(NC(=O)CSc2nc(N)c3c(C)c(C)sc3n2)cc1. The van der Waals surface area contributed by atoms with Crippen LogP contribution in [-0.4, -0.2) is 27.9 Å². The van der Waals surface area contributed by atoms with Gasteiger partial charge in [0.25, 0.3) is 0 Å². The molecule has 2 aromatic heterocycles. The van der Waals surface area contributed by atoms with E-state index in [1.54, 1.807) is 23.1 Å². The van der Waals surface area contributed by atoms with Crippen molar-refractivity contribution >= 4 is 62.5 Å². The molecule has 2 heterocycles. The largest absolute Gasteiger partial charge is 0.383 e. The molecule has 0 aliphatic carbocycles. The van der Waals surface area contributed by atoms with Gasteiger partial charge in [0, 0.05) is 15.5 Å². The Morgan fingerprint density at radius 1 is 1.24 bits per heavy atom. The third-order valence-electron chi connectivity index (χ3n) is 3.74. The summed E-state index contributed by atoms with van der Waals surface area (Å²) in [5.74, 6) is 0.614. The molecule has 1 amide bonds. The Balaban J connectivity index is 1.66. The van der Waals surface area contributed by atoms with Crippen molar-refractivity contribution in [1.82, 2.24) is 9.97 Å². The summed E-state index contributed by atoms with van der Waals surface area (Å²) in [7, 11) is 0. The number of fused-ring (bicyclic) bond motifs is 1. The van der Waals surface area contributed by atoms with Gasteiger partial charge in [-0.3, -0.25) is 4.79 Å². The van der Waals surface area contributed by atoms with Crippen LogP contribution in [0.15, 0.2) is 34.3 Å². The molecule has 25 heavy (non-hydrogen) atoms. The highest BCUT2D eigenvalue weighted by molar-refractivity contribution is 7.99. The van der Waals surface area contributed by atoms with Gasteiger partial charge < -0.3 is 11.1 Å². The van der Waals surface area contributed by atoms with Crippen LogP contribution in [0.4, 0.5) is 11.5 Å². The van der Waals surface area contributed by atoms with Crippen LogP contribution in [0.2, 0.25) is 0 Å². The molecule has 130 valence electrons. The number of anilines is 2. The number of aromatic nitrogens is 2. The van der Waals surface area contributed by atoms with E-state index in [-0.39, 0.29) is 11.7 Å². The van der Waals surface area contributed by atoms with Crippen LogP contribution in [0.25, 0.3) is 10.2 Å². The minimum absolute atomic E-state index is 0.0947. The summed E-state index contributed by atoms with van der Waals surface area (Å²) in [5, 5.41) is 4.32. The minimum Gasteiger partial charge on any atom is -0.383 e. The summed E-state index contributed by atoms with van der Waals surface area (Å²) in [5.41, 5.74) is 7.97. The number of benzene rings is 1. The smallest absolute Gasteiger partial charge is 0.234 e. The van der Waals surface area contributed by atoms with E-state index < -0.39 is 0 Å². The zero-order chi connectivity index (χ0) is 18.0. The molecule has 0 fully saturated rings. The Labute approximate surface area is 158 Å². The number of nitrogens with one attached hydrogen (secondary N) is 1. The fourth-order valence-corrected chi connectivity index (χ4v) is 4.48. The molecule has 8 heteroatoms. The first-order valence-electron chi connectivity index (χ1n) is 7.58. The van der Waals surface area contributed by atoms with Crippen molar-refractivity contribution in [2.24, 2.45) is 0 Å². The fourth-order valence-electron chi connectivity index (χ4n) is 2.33. The Bertz CT molecular complexity index is 922. The molecule has 0 aliphatic heterocycles. The number of nitrogen functional groups attached to an aromatic ring is 1. The first-order valence-corrected chi connectivity index (χ1v) is 10.6. The molecule has 0 atom stereocenters. The standard InChI is InChI=1S/C17H18N4OS3/c1-9-10(2)25-16-14(9)15(18)20-17(21-16)24-8-13(22)19-11-4-6-12(23-3)7-5-11/h4-7H,8H2,1-3H3,(H,19,22)(H2,18,20,21). The van der Waals surface area contributed by atoms with Gasteiger partial charge in [0.1, 0.15) is 10.6 Å². The van der Waals surface area contributed by atoms with Crippen molar-refractivity contribution in [2.45, 2.75) is 23.9 Å². The number of thiophene rings is 1. The summed E-state index contributed by atoms with van der Waals surface area (Å²) in [6, 6.07) is 7.75. The maximum atomic E-state index is 12.1. The van der Waals surface area contributed by atoms with Gasteiger partial charge in [0.15, 0.2) is 5.16 Å². The van der Waals surface area contributed by atoms with Crippen LogP contribution >= 0.6 is 34.9 Å². The van der Waals surface area contributed by atoms with Crippen molar-refractivity contribution in [3.63, 3.8) is 0 Å². The van der Waals surface area contributed by atoms with Crippen LogP contribution in [0.5, 0.6) is 0 Å². The number of aryl methyl sites for hydroxylation is 2. The topological polar surface area (TPSA) is 80.9 Å². The van der Waals surface area contributed by atoms with Gasteiger partial charge in [0.05, 0.1) is 11.1 Å². The zero-order valence-electron chi connectivity index (χ0n) is 14.1. The molecule has 0 radical (unpaired) electrons. The lowest BCUT2D eigenvalue weighted by Gasteiger charge is -2.06. The van der Waals surface area contributed by atoms with Crippen molar-refractivity contribution in [1.29, 1.82) is 0 Å². The average Bonchev–Trinajstić information content (AvgIpc) is 2.88. The average molecular weight is 391 g/mol. The second-order valence-corrected chi connectivity index (χ2v) is 8.45. The molecule has 3 aromatic rings. The molecule has 0 saturated carbocycles. The first kappa shape index (κ1) is 18.0. The van der Waals surface area contributed by atoms with Crippen LogP contribution in [0.1, 0.15) is 10.4 Å². The number of carbonyl (C=O) groups is 1. The minimum atomic E-state index is -0.0947. The lowest BCUT2D eigenvalue weighted by molar-refractivity contribution is -0.113. The fraction of sp³-hybridized carbons (Fsp3) is 0.235. The highest BCUT2D eigenvalue weighted by Gasteiger charge is 2.14. The van der Waals surface area contributed by atoms with Crippen molar-refractivity contribution < 1.29 is 4.79 Å². The number of amides is 1. The highest BCUT2D eigenvalue weighted by atomic mass is 32.2. The summed E-state index contributed by atoms with van der Waals surface area (Å²) in [4.78, 5) is 24.2. The number of hydrogen-bond donors (Lipinski definition) is 2. The van der Waals surface area contributed by atoms with Crippen LogP contribution in [0.3, 0.4) is 0 Å². The third kappa shape index (κ3) is 4.08. The van der Waals surface area contributed by atoms with Gasteiger partial charge in [-0.1, -0.05) is 11.8 Å². The van der Waals surface area contributed by atoms with E-state index in [1.165, 1.54) is 16.6 Å². The highest BCUT2D eigenvalue weighted by Crippen LogP contribution is 2.33. The summed E-state index contributed by atoms with van der Waals surface area (Å²) >= 11 is 4.55. The van der Waals surface area contributed by atoms with E-state index in [0.29, 0.717) is 11.0 Å². The number of thioether (sulfide) groups is 2. The van der Waals surface area contributed by atoms with Gasteiger partial charge >= 0.3 is 0 Å². The van der Waals surface area contributed by atoms with Crippen molar-refractivity contribution in [3.8, 4) is 0 Å². The zero-order valence-corrected chi connectivity index (χ0v) is 16.6. The molecule has 0 spiro atoms. The van der Waals surface area contributed by atoms with Gasteiger partial charge in [-0.25, -0.2) is 9.97 Å². The Morgan fingerprint density at radius 3 is 2.64 bits per heavy atom. The Kier molecular flexibility index (Phi) is 5.51. The predicted molar refractivity (Wildman–Crippen MR) is 109 cm³/mol. The van der Waals surface area contributed by atoms with Gasteiger partial charge in [-0.15, -0.1) is 23.1 Å². The van der Waals surface area contributed by atoms with Crippen LogP contribution < -0.4 is 11.1 Å². The molecule has 3 rings (SSSR count). The lowest BCUT2D eigenvalue weighted by atomic mass is 10.2. The monoisotopic (exact) mass is 390 g/mol. The Hall–Kier alpha value is -1.77. The van der Waals surface area contributed by atoms with Crippen LogP contribution in [0, 0.1) is 13.8 Å². The first-order chi connectivity index (χ1) is 12.0. The molecule has 0 unspecified atom stereocenters. The quantitative estimate of drug-likeness (QED) is 0.498. The van der Waals surface area contributed by atoms with Crippen molar-refractivity contribution in [3.05, 3.63) is 34.7 Å². The van der Waals surface area contributed by atoms with Crippen molar-refractivity contribution in [2.75, 3.05) is 23.1 Å². The number of carbonyl (C=O) groups excluding carboxylic acids is 1. The van der Waals surface area contributed by atoms with Gasteiger partial charge in [-0.05, 0) is 49.9 Å². The summed E-state index contributed by atoms with van der Waals surface area (Å²) in [6.45, 7) is 4.07. The Morgan fingerprint density at radius 2 is 1.96 bits per heavy atom. The molecular weight excluding hydrogens is 372 g/mol. The predicted octanol–water partition coefficient (Wildman–Crippen LogP) is 4.34. The second kappa shape index (κ2) is 7.63. The molecule has 0 saturated heterocycles. The molecule has 0 bridgehead atoms. The van der Waals surface area contributed by atoms with E-state index in [2.05, 4.69) is 15.3 Å². The van der Waals surface area contributed by atoms with Crippen LogP contribution in [-0.2, 0) is 4.79 Å². The lowest BCUT2D eigenvalue weighted by Crippen LogP contribution is -2.14. The van der Waals surface area contributed by atoms with E-state index in [9.17, 15) is 4.79 Å². The van der Waals surface area contributed by atoms with E-state index in [1.807, 2.05) is 44.4 Å². The van der Waals surface area contributed by atoms with E-state index in [4.69, 9.17) is 5.73 Å². The number of nitrogens with zero attached hydrogens (tertiary/aromatic N) is 2. The van der Waals surface area contributed by atoms with Gasteiger partial charge in [0.2, 0.25) is 5.91 Å². The van der Waals surface area contributed by atoms with E-state index >= 15 is 0 Å². The number of hydrogen-bond acceptors (Lipinski definition) is 7. The molecule has 1 aromatic carbocycles. The number of nitrogens with two attached hydrogens (primary N) is 1. The van der Waals surface area contributed by atoms with E-state index in [0.717, 1.165) is 26.4 Å². The maximum absolute atomic E-state index is 12.1. The molecule has 3 N–H and O–H groups in total. The normalized spacial score (nSPS) is 11.0. The third-order valence-corrected chi connectivity index (χ3v) is 6.43. The molecule has 5 nitrogen and oxygen atoms in total. The van der Waals surface area contributed by atoms with Gasteiger partial charge in [-0.2, -0.15) is 0 Å². The summed E-state index contributed by atoms with van der Waals surface area (Å²) < 4.78 is 0.